The highest BCUT2D eigenvalue weighted by molar-refractivity contribution is 5.85. The van der Waals surface area contributed by atoms with Crippen LogP contribution >= 0.6 is 12.4 Å². The molecule has 0 amide bonds. The summed E-state index contributed by atoms with van der Waals surface area (Å²) in [4.78, 5) is 0. The smallest absolute Gasteiger partial charge is 0.126 e. The topological polar surface area (TPSA) is 38.5 Å². The lowest BCUT2D eigenvalue weighted by Crippen LogP contribution is -2.44. The minimum Gasteiger partial charge on any atom is -0.490 e. The van der Waals surface area contributed by atoms with Crippen LogP contribution in [0.15, 0.2) is 42.5 Å². The lowest BCUT2D eigenvalue weighted by atomic mass is 9.81. The van der Waals surface area contributed by atoms with Gasteiger partial charge in [-0.05, 0) is 55.7 Å². The maximum atomic E-state index is 6.42. The van der Waals surface area contributed by atoms with Crippen molar-refractivity contribution in [2.75, 3.05) is 6.54 Å². The molecule has 0 aromatic heterocycles. The molecule has 0 bridgehead atoms. The molecule has 2 aromatic rings. The molecule has 2 heterocycles. The number of piperidine rings is 1. The van der Waals surface area contributed by atoms with E-state index in [1.165, 1.54) is 28.7 Å². The highest BCUT2D eigenvalue weighted by atomic mass is 35.5. The van der Waals surface area contributed by atoms with Gasteiger partial charge in [0.1, 0.15) is 11.9 Å². The number of nitrogens with two attached hydrogens (primary N) is 1. The molecule has 0 saturated carbocycles. The third-order valence-electron chi connectivity index (χ3n) is 5.63. The summed E-state index contributed by atoms with van der Waals surface area (Å²) >= 11 is 0. The number of halogens is 1. The Balaban J connectivity index is 0.00000196. The monoisotopic (exact) mass is 372 g/mol. The third-order valence-corrected chi connectivity index (χ3v) is 5.63. The summed E-state index contributed by atoms with van der Waals surface area (Å²) in [6.45, 7) is 5.32. The van der Waals surface area contributed by atoms with E-state index < -0.39 is 0 Å². The lowest BCUT2D eigenvalue weighted by Gasteiger charge is -2.39. The number of hydrogen-bond donors (Lipinski definition) is 1. The molecule has 0 aliphatic carbocycles. The summed E-state index contributed by atoms with van der Waals surface area (Å²) in [5.74, 6) is 8.08. The van der Waals surface area contributed by atoms with Crippen LogP contribution < -0.4 is 10.6 Å². The van der Waals surface area contributed by atoms with Crippen LogP contribution in [0.1, 0.15) is 48.1 Å². The highest BCUT2D eigenvalue weighted by Crippen LogP contribution is 2.40. The first-order valence-electron chi connectivity index (χ1n) is 9.47. The van der Waals surface area contributed by atoms with Crippen LogP contribution in [0, 0.1) is 12.8 Å². The molecule has 0 spiro atoms. The first-order valence-corrected chi connectivity index (χ1v) is 9.47. The van der Waals surface area contributed by atoms with Crippen molar-refractivity contribution in [3.63, 3.8) is 0 Å². The van der Waals surface area contributed by atoms with Crippen molar-refractivity contribution in [1.82, 2.24) is 5.01 Å². The summed E-state index contributed by atoms with van der Waals surface area (Å²) in [6, 6.07) is 15.6. The van der Waals surface area contributed by atoms with Crippen LogP contribution in [-0.4, -0.2) is 17.7 Å². The molecular formula is C22H29ClN2O. The zero-order chi connectivity index (χ0) is 17.4. The molecule has 2 aliphatic rings. The zero-order valence-electron chi connectivity index (χ0n) is 15.7. The van der Waals surface area contributed by atoms with Gasteiger partial charge in [-0.3, -0.25) is 5.84 Å². The average Bonchev–Trinajstić information content (AvgIpc) is 2.96. The Morgan fingerprint density at radius 2 is 1.96 bits per heavy atom. The molecule has 140 valence electrons. The van der Waals surface area contributed by atoms with Crippen molar-refractivity contribution >= 4 is 12.4 Å². The minimum absolute atomic E-state index is 0. The molecule has 4 rings (SSSR count). The maximum Gasteiger partial charge on any atom is 0.126 e. The normalized spacial score (nSPS) is 25.3. The summed E-state index contributed by atoms with van der Waals surface area (Å²) in [5, 5.41) is 2.04. The zero-order valence-corrected chi connectivity index (χ0v) is 16.5. The molecule has 2 aliphatic heterocycles. The van der Waals surface area contributed by atoms with Gasteiger partial charge in [0.05, 0.1) is 6.04 Å². The van der Waals surface area contributed by atoms with Crippen LogP contribution in [0.5, 0.6) is 5.75 Å². The fourth-order valence-electron chi connectivity index (χ4n) is 4.65. The Kier molecular flexibility index (Phi) is 5.91. The Bertz CT molecular complexity index is 749. The average molecular weight is 373 g/mol. The number of aryl methyl sites for hydroxylation is 1. The number of rotatable bonds is 3. The summed E-state index contributed by atoms with van der Waals surface area (Å²) < 4.78 is 6.16. The molecule has 26 heavy (non-hydrogen) atoms. The van der Waals surface area contributed by atoms with E-state index in [4.69, 9.17) is 10.6 Å². The van der Waals surface area contributed by atoms with E-state index in [9.17, 15) is 0 Å². The SMILES string of the molecule is Cc1cc(C[C@@H]2CCCN(N)C2c2ccccc2)c2c(c1)C[C@H](C)O2.Cl. The molecule has 1 unspecified atom stereocenters. The lowest BCUT2D eigenvalue weighted by molar-refractivity contribution is 0.0921. The van der Waals surface area contributed by atoms with Gasteiger partial charge in [-0.25, -0.2) is 5.01 Å². The quantitative estimate of drug-likeness (QED) is 0.799. The van der Waals surface area contributed by atoms with Crippen LogP contribution in [0.3, 0.4) is 0 Å². The second-order valence-electron chi connectivity index (χ2n) is 7.74. The first-order chi connectivity index (χ1) is 12.1. The van der Waals surface area contributed by atoms with Gasteiger partial charge in [0, 0.05) is 13.0 Å². The summed E-state index contributed by atoms with van der Waals surface area (Å²) in [6.07, 6.45) is 4.73. The largest absolute Gasteiger partial charge is 0.490 e. The van der Waals surface area contributed by atoms with E-state index in [0.717, 1.165) is 31.6 Å². The Morgan fingerprint density at radius 1 is 1.19 bits per heavy atom. The predicted molar refractivity (Wildman–Crippen MR) is 109 cm³/mol. The third kappa shape index (κ3) is 3.75. The van der Waals surface area contributed by atoms with Crippen molar-refractivity contribution in [1.29, 1.82) is 0 Å². The fraction of sp³-hybridized carbons (Fsp3) is 0.455. The standard InChI is InChI=1S/C22H28N2O.ClH/c1-15-11-19-13-16(2)25-22(19)20(12-15)14-18-9-6-10-24(23)21(18)17-7-4-3-5-8-17;/h3-5,7-8,11-12,16,18,21H,6,9-10,13-14,23H2,1-2H3;1H/t16-,18-,21?;/m0./s1. The molecule has 0 radical (unpaired) electrons. The van der Waals surface area contributed by atoms with Gasteiger partial charge in [0.2, 0.25) is 0 Å². The van der Waals surface area contributed by atoms with Gasteiger partial charge >= 0.3 is 0 Å². The van der Waals surface area contributed by atoms with Crippen LogP contribution in [0.2, 0.25) is 0 Å². The molecule has 1 fully saturated rings. The minimum atomic E-state index is 0. The van der Waals surface area contributed by atoms with Crippen LogP contribution in [0.25, 0.3) is 0 Å². The number of hydrogen-bond acceptors (Lipinski definition) is 3. The second-order valence-corrected chi connectivity index (χ2v) is 7.74. The van der Waals surface area contributed by atoms with Gasteiger partial charge in [-0.2, -0.15) is 0 Å². The van der Waals surface area contributed by atoms with Crippen molar-refractivity contribution < 1.29 is 4.74 Å². The van der Waals surface area contributed by atoms with Crippen LogP contribution in [0.4, 0.5) is 0 Å². The van der Waals surface area contributed by atoms with E-state index in [-0.39, 0.29) is 24.6 Å². The Labute approximate surface area is 162 Å². The first kappa shape index (κ1) is 19.2. The summed E-state index contributed by atoms with van der Waals surface area (Å²) in [7, 11) is 0. The van der Waals surface area contributed by atoms with Gasteiger partial charge in [0.25, 0.3) is 0 Å². The Morgan fingerprint density at radius 3 is 2.73 bits per heavy atom. The fourth-order valence-corrected chi connectivity index (χ4v) is 4.65. The van der Waals surface area contributed by atoms with Gasteiger partial charge in [-0.1, -0.05) is 48.0 Å². The van der Waals surface area contributed by atoms with E-state index in [0.29, 0.717) is 5.92 Å². The predicted octanol–water partition coefficient (Wildman–Crippen LogP) is 4.61. The summed E-state index contributed by atoms with van der Waals surface area (Å²) in [5.41, 5.74) is 5.40. The van der Waals surface area contributed by atoms with E-state index in [1.807, 2.05) is 5.01 Å². The van der Waals surface area contributed by atoms with Crippen molar-refractivity contribution in [3.8, 4) is 5.75 Å². The molecule has 3 atom stereocenters. The van der Waals surface area contributed by atoms with Crippen LogP contribution in [-0.2, 0) is 12.8 Å². The van der Waals surface area contributed by atoms with Gasteiger partial charge in [0.15, 0.2) is 0 Å². The molecule has 2 aromatic carbocycles. The number of fused-ring (bicyclic) bond motifs is 1. The van der Waals surface area contributed by atoms with E-state index >= 15 is 0 Å². The van der Waals surface area contributed by atoms with E-state index in [1.54, 1.807) is 0 Å². The molecular weight excluding hydrogens is 344 g/mol. The van der Waals surface area contributed by atoms with E-state index in [2.05, 4.69) is 56.3 Å². The highest BCUT2D eigenvalue weighted by Gasteiger charge is 2.33. The number of benzene rings is 2. The van der Waals surface area contributed by atoms with Crippen molar-refractivity contribution in [2.45, 2.75) is 51.7 Å². The number of nitrogens with zero attached hydrogens (tertiary/aromatic N) is 1. The molecule has 1 saturated heterocycles. The molecule has 4 heteroatoms. The van der Waals surface area contributed by atoms with Crippen molar-refractivity contribution in [2.24, 2.45) is 11.8 Å². The Hall–Kier alpha value is -1.55. The maximum absolute atomic E-state index is 6.42. The second kappa shape index (κ2) is 7.99. The molecule has 3 nitrogen and oxygen atoms in total. The van der Waals surface area contributed by atoms with Gasteiger partial charge in [-0.15, -0.1) is 12.4 Å². The van der Waals surface area contributed by atoms with Crippen molar-refractivity contribution in [3.05, 3.63) is 64.7 Å². The molecule has 2 N–H and O–H groups in total. The number of hydrazine groups is 1. The number of ether oxygens (including phenoxy) is 1. The van der Waals surface area contributed by atoms with Gasteiger partial charge < -0.3 is 4.74 Å².